The summed E-state index contributed by atoms with van der Waals surface area (Å²) in [5.41, 5.74) is 1.16. The Balaban J connectivity index is 1.44. The summed E-state index contributed by atoms with van der Waals surface area (Å²) in [5.74, 6) is 2.02. The second-order valence-electron chi connectivity index (χ2n) is 12.6. The van der Waals surface area contributed by atoms with E-state index in [4.69, 9.17) is 9.47 Å². The normalized spacial score (nSPS) is 53.2. The number of fused-ring (bicyclic) bond motifs is 5. The second-order valence-corrected chi connectivity index (χ2v) is 12.6. The van der Waals surface area contributed by atoms with E-state index in [1.165, 1.54) is 12.0 Å². The lowest BCUT2D eigenvalue weighted by Gasteiger charge is -2.56. The van der Waals surface area contributed by atoms with Crippen molar-refractivity contribution in [2.75, 3.05) is 6.61 Å². The Labute approximate surface area is 194 Å². The van der Waals surface area contributed by atoms with Crippen molar-refractivity contribution in [3.8, 4) is 0 Å². The number of ether oxygens (including phenoxy) is 2. The van der Waals surface area contributed by atoms with Crippen LogP contribution in [0.1, 0.15) is 92.4 Å². The van der Waals surface area contributed by atoms with Crippen LogP contribution >= 0.6 is 0 Å². The summed E-state index contributed by atoms with van der Waals surface area (Å²) in [6.07, 6.45) is 11.1. The topological polar surface area (TPSA) is 55.8 Å². The second kappa shape index (κ2) is 7.92. The van der Waals surface area contributed by atoms with Crippen molar-refractivity contribution in [3.63, 3.8) is 0 Å². The van der Waals surface area contributed by atoms with Gasteiger partial charge in [0.1, 0.15) is 0 Å². The van der Waals surface area contributed by atoms with E-state index in [2.05, 4.69) is 40.7 Å². The van der Waals surface area contributed by atoms with Gasteiger partial charge in [-0.25, -0.2) is 0 Å². The maximum atomic E-state index is 13.9. The van der Waals surface area contributed by atoms with Gasteiger partial charge in [-0.3, -0.25) is 4.79 Å². The predicted octanol–water partition coefficient (Wildman–Crippen LogP) is 5.67. The number of ketones is 1. The minimum absolute atomic E-state index is 0.0778. The Kier molecular flexibility index (Phi) is 5.70. The van der Waals surface area contributed by atoms with Crippen LogP contribution in [-0.2, 0) is 14.3 Å². The zero-order chi connectivity index (χ0) is 22.9. The number of allylic oxidation sites excluding steroid dienone is 2. The molecule has 1 saturated heterocycles. The van der Waals surface area contributed by atoms with E-state index in [0.717, 1.165) is 58.0 Å². The summed E-state index contributed by atoms with van der Waals surface area (Å²) in [7, 11) is 0. The van der Waals surface area contributed by atoms with Crippen LogP contribution in [0.2, 0.25) is 0 Å². The summed E-state index contributed by atoms with van der Waals surface area (Å²) in [5, 5.41) is 10.3. The van der Waals surface area contributed by atoms with Crippen molar-refractivity contribution in [2.24, 2.45) is 40.4 Å². The summed E-state index contributed by atoms with van der Waals surface area (Å²) in [6.45, 7) is 12.0. The number of hydrogen-bond acceptors (Lipinski definition) is 4. The maximum absolute atomic E-state index is 13.9. The molecule has 3 saturated carbocycles. The van der Waals surface area contributed by atoms with Crippen LogP contribution in [0.15, 0.2) is 11.6 Å². The van der Waals surface area contributed by atoms with Crippen LogP contribution in [0.3, 0.4) is 0 Å². The zero-order valence-electron chi connectivity index (χ0n) is 20.9. The van der Waals surface area contributed by atoms with Crippen molar-refractivity contribution in [3.05, 3.63) is 11.6 Å². The molecule has 32 heavy (non-hydrogen) atoms. The van der Waals surface area contributed by atoms with Gasteiger partial charge in [0.15, 0.2) is 11.6 Å². The van der Waals surface area contributed by atoms with E-state index in [1.807, 2.05) is 0 Å². The Morgan fingerprint density at radius 3 is 2.59 bits per heavy atom. The summed E-state index contributed by atoms with van der Waals surface area (Å²) in [6, 6.07) is 0. The first kappa shape index (κ1) is 23.1. The van der Waals surface area contributed by atoms with Gasteiger partial charge >= 0.3 is 0 Å². The van der Waals surface area contributed by atoms with Crippen LogP contribution < -0.4 is 0 Å². The van der Waals surface area contributed by atoms with Crippen molar-refractivity contribution >= 4 is 5.78 Å². The average Bonchev–Trinajstić information content (AvgIpc) is 3.04. The molecule has 0 aromatic heterocycles. The highest BCUT2D eigenvalue weighted by atomic mass is 16.7. The lowest BCUT2D eigenvalue weighted by Crippen LogP contribution is -2.51. The quantitative estimate of drug-likeness (QED) is 0.609. The Morgan fingerprint density at radius 1 is 1.12 bits per heavy atom. The molecule has 4 fully saturated rings. The molecule has 1 heterocycles. The van der Waals surface area contributed by atoms with Gasteiger partial charge in [0.05, 0.1) is 18.8 Å². The van der Waals surface area contributed by atoms with E-state index in [9.17, 15) is 9.90 Å². The fourth-order valence-corrected chi connectivity index (χ4v) is 8.62. The van der Waals surface area contributed by atoms with Gasteiger partial charge in [0, 0.05) is 11.8 Å². The van der Waals surface area contributed by atoms with E-state index in [-0.39, 0.29) is 29.0 Å². The average molecular weight is 445 g/mol. The third-order valence-electron chi connectivity index (χ3n) is 10.7. The molecule has 1 N–H and O–H groups in total. The Morgan fingerprint density at radius 2 is 1.91 bits per heavy atom. The minimum atomic E-state index is -0.517. The number of carbonyl (C=O) groups is 1. The maximum Gasteiger partial charge on any atom is 0.165 e. The van der Waals surface area contributed by atoms with Crippen LogP contribution in [-0.4, -0.2) is 35.5 Å². The first-order chi connectivity index (χ1) is 15.1. The van der Waals surface area contributed by atoms with Gasteiger partial charge in [-0.05, 0) is 99.4 Å². The predicted molar refractivity (Wildman–Crippen MR) is 125 cm³/mol. The molecule has 0 radical (unpaired) electrons. The third-order valence-corrected chi connectivity index (χ3v) is 10.7. The fourth-order valence-electron chi connectivity index (χ4n) is 8.62. The Bertz CT molecular complexity index is 780. The van der Waals surface area contributed by atoms with Crippen molar-refractivity contribution in [2.45, 2.75) is 110 Å². The van der Waals surface area contributed by atoms with E-state index < -0.39 is 5.79 Å². The standard InChI is InChI=1S/C28H44O4/c1-6-21-24(32-27(4)12-9-17(2)16-31-27)14-23-20-8-7-18-13-19(29)10-11-26(18,3)22(20)15-25(30)28(21,23)5/h15,17-21,23-24,29H,6-14,16H2,1-5H3/t17-,18+,19+,20-,21+,23+,24+,26+,27+,28-/m1/s1. The fraction of sp³-hybridized carbons (Fsp3) is 0.893. The molecule has 0 bridgehead atoms. The molecule has 4 aliphatic carbocycles. The van der Waals surface area contributed by atoms with Crippen LogP contribution in [0.5, 0.6) is 0 Å². The molecule has 4 nitrogen and oxygen atoms in total. The van der Waals surface area contributed by atoms with Crippen LogP contribution in [0.4, 0.5) is 0 Å². The largest absolute Gasteiger partial charge is 0.393 e. The molecule has 4 heteroatoms. The summed E-state index contributed by atoms with van der Waals surface area (Å²) in [4.78, 5) is 13.9. The number of aliphatic hydroxyl groups is 1. The zero-order valence-corrected chi connectivity index (χ0v) is 20.9. The lowest BCUT2D eigenvalue weighted by atomic mass is 9.48. The van der Waals surface area contributed by atoms with Gasteiger partial charge in [0.2, 0.25) is 0 Å². The lowest BCUT2D eigenvalue weighted by molar-refractivity contribution is -0.278. The SMILES string of the molecule is CC[C@H]1[C@@H](O[C@@]2(C)CC[C@@H](C)CO2)C[C@H]2[C@@H]3CC[C@H]4C[C@@H](O)CC[C@]4(C)C3=CC(=O)[C@]12C. The van der Waals surface area contributed by atoms with Crippen molar-refractivity contribution in [1.82, 2.24) is 0 Å². The molecular weight excluding hydrogens is 400 g/mol. The van der Waals surface area contributed by atoms with Crippen molar-refractivity contribution < 1.29 is 19.4 Å². The number of rotatable bonds is 3. The molecule has 0 aromatic rings. The molecule has 0 spiro atoms. The van der Waals surface area contributed by atoms with Gasteiger partial charge in [-0.2, -0.15) is 0 Å². The molecule has 0 aromatic carbocycles. The van der Waals surface area contributed by atoms with Crippen LogP contribution in [0, 0.1) is 40.4 Å². The molecule has 0 unspecified atom stereocenters. The van der Waals surface area contributed by atoms with E-state index in [0.29, 0.717) is 29.5 Å². The highest BCUT2D eigenvalue weighted by Gasteiger charge is 2.63. The molecule has 5 rings (SSSR count). The molecule has 5 aliphatic rings. The van der Waals surface area contributed by atoms with Gasteiger partial charge < -0.3 is 14.6 Å². The first-order valence-corrected chi connectivity index (χ1v) is 13.4. The van der Waals surface area contributed by atoms with E-state index >= 15 is 0 Å². The number of hydrogen-bond donors (Lipinski definition) is 1. The molecular formula is C28H44O4. The summed E-state index contributed by atoms with van der Waals surface area (Å²) < 4.78 is 13.0. The van der Waals surface area contributed by atoms with E-state index in [1.54, 1.807) is 0 Å². The molecule has 10 atom stereocenters. The van der Waals surface area contributed by atoms with Gasteiger partial charge in [-0.15, -0.1) is 0 Å². The molecule has 1 aliphatic heterocycles. The minimum Gasteiger partial charge on any atom is -0.393 e. The molecule has 180 valence electrons. The number of carbonyl (C=O) groups excluding carboxylic acids is 1. The third kappa shape index (κ3) is 3.38. The number of aliphatic hydroxyl groups excluding tert-OH is 1. The highest BCUT2D eigenvalue weighted by Crippen LogP contribution is 2.65. The first-order valence-electron chi connectivity index (χ1n) is 13.4. The Hall–Kier alpha value is -0.710. The van der Waals surface area contributed by atoms with Gasteiger partial charge in [-0.1, -0.05) is 33.3 Å². The highest BCUT2D eigenvalue weighted by molar-refractivity contribution is 5.97. The molecule has 0 amide bonds. The smallest absolute Gasteiger partial charge is 0.165 e. The van der Waals surface area contributed by atoms with Gasteiger partial charge in [0.25, 0.3) is 0 Å². The van der Waals surface area contributed by atoms with Crippen molar-refractivity contribution in [1.29, 1.82) is 0 Å². The van der Waals surface area contributed by atoms with Crippen LogP contribution in [0.25, 0.3) is 0 Å². The summed E-state index contributed by atoms with van der Waals surface area (Å²) >= 11 is 0. The monoisotopic (exact) mass is 444 g/mol.